The topological polar surface area (TPSA) is 57.5 Å². The molecule has 3 nitrogen and oxygen atoms in total. The van der Waals surface area contributed by atoms with Gasteiger partial charge in [0.1, 0.15) is 0 Å². The van der Waals surface area contributed by atoms with Crippen LogP contribution in [0.15, 0.2) is 24.3 Å². The summed E-state index contributed by atoms with van der Waals surface area (Å²) in [5.74, 6) is 0.466. The van der Waals surface area contributed by atoms with Crippen molar-refractivity contribution in [2.45, 2.75) is 33.1 Å². The molecule has 1 aromatic carbocycles. The first-order chi connectivity index (χ1) is 7.15. The molecule has 1 aromatic rings. The van der Waals surface area contributed by atoms with Gasteiger partial charge in [-0.15, -0.1) is 0 Å². The van der Waals surface area contributed by atoms with Gasteiger partial charge in [0, 0.05) is 0 Å². The Kier molecular flexibility index (Phi) is 3.63. The highest BCUT2D eigenvalue weighted by Crippen LogP contribution is 2.35. The van der Waals surface area contributed by atoms with Gasteiger partial charge >= 0.3 is 7.60 Å². The van der Waals surface area contributed by atoms with E-state index in [0.29, 0.717) is 5.92 Å². The molecule has 0 aliphatic rings. The van der Waals surface area contributed by atoms with E-state index in [-0.39, 0.29) is 10.7 Å². The van der Waals surface area contributed by atoms with E-state index in [1.54, 1.807) is 12.1 Å². The van der Waals surface area contributed by atoms with Crippen molar-refractivity contribution in [2.75, 3.05) is 0 Å². The summed E-state index contributed by atoms with van der Waals surface area (Å²) in [7, 11) is -4.11. The fourth-order valence-corrected chi connectivity index (χ4v) is 1.96. The maximum atomic E-state index is 11.0. The SMILES string of the molecule is CC(C)C(C)(C)c1ccc(P(=O)(O)O)cc1. The van der Waals surface area contributed by atoms with Crippen molar-refractivity contribution in [1.29, 1.82) is 0 Å². The summed E-state index contributed by atoms with van der Waals surface area (Å²) in [5, 5.41) is 0.0795. The van der Waals surface area contributed by atoms with Crippen LogP contribution in [0.3, 0.4) is 0 Å². The highest BCUT2D eigenvalue weighted by Gasteiger charge is 2.25. The van der Waals surface area contributed by atoms with Crippen LogP contribution in [0, 0.1) is 5.92 Å². The zero-order valence-electron chi connectivity index (χ0n) is 10.1. The highest BCUT2D eigenvalue weighted by atomic mass is 31.2. The molecular formula is C12H19O3P. The van der Waals surface area contributed by atoms with Gasteiger partial charge in [-0.25, -0.2) is 0 Å². The van der Waals surface area contributed by atoms with Gasteiger partial charge in [-0.1, -0.05) is 39.8 Å². The van der Waals surface area contributed by atoms with Crippen molar-refractivity contribution in [3.05, 3.63) is 29.8 Å². The minimum absolute atomic E-state index is 0.00737. The molecule has 0 unspecified atom stereocenters. The molecule has 90 valence electrons. The molecule has 0 saturated heterocycles. The minimum atomic E-state index is -4.11. The third kappa shape index (κ3) is 2.73. The Labute approximate surface area is 96.7 Å². The largest absolute Gasteiger partial charge is 0.356 e. The summed E-state index contributed by atoms with van der Waals surface area (Å²) in [4.78, 5) is 18.0. The summed E-state index contributed by atoms with van der Waals surface area (Å²) in [6.45, 7) is 8.53. The molecule has 0 aliphatic carbocycles. The highest BCUT2D eigenvalue weighted by molar-refractivity contribution is 7.60. The summed E-state index contributed by atoms with van der Waals surface area (Å²) >= 11 is 0. The molecule has 0 fully saturated rings. The molecule has 0 atom stereocenters. The Morgan fingerprint density at radius 1 is 1.12 bits per heavy atom. The van der Waals surface area contributed by atoms with Gasteiger partial charge < -0.3 is 9.79 Å². The molecule has 0 heterocycles. The van der Waals surface area contributed by atoms with Gasteiger partial charge in [0.15, 0.2) is 0 Å². The van der Waals surface area contributed by atoms with Gasteiger partial charge in [0.05, 0.1) is 5.30 Å². The molecule has 2 N–H and O–H groups in total. The van der Waals surface area contributed by atoms with Crippen LogP contribution in [0.2, 0.25) is 0 Å². The van der Waals surface area contributed by atoms with Crippen LogP contribution in [0.5, 0.6) is 0 Å². The van der Waals surface area contributed by atoms with Crippen molar-refractivity contribution >= 4 is 12.9 Å². The Hall–Kier alpha value is -0.630. The maximum Gasteiger partial charge on any atom is 0.356 e. The van der Waals surface area contributed by atoms with Gasteiger partial charge in [0.25, 0.3) is 0 Å². The number of benzene rings is 1. The molecule has 0 aliphatic heterocycles. The predicted molar refractivity (Wildman–Crippen MR) is 66.0 cm³/mol. The first-order valence-corrected chi connectivity index (χ1v) is 6.93. The van der Waals surface area contributed by atoms with E-state index in [0.717, 1.165) is 5.56 Å². The Morgan fingerprint density at radius 3 is 1.88 bits per heavy atom. The van der Waals surface area contributed by atoms with Crippen LogP contribution >= 0.6 is 7.60 Å². The molecule has 0 amide bonds. The number of hydrogen-bond donors (Lipinski definition) is 2. The lowest BCUT2D eigenvalue weighted by Gasteiger charge is -2.30. The summed E-state index contributed by atoms with van der Waals surface area (Å²) < 4.78 is 11.0. The smallest absolute Gasteiger partial charge is 0.321 e. The van der Waals surface area contributed by atoms with E-state index in [9.17, 15) is 4.57 Å². The van der Waals surface area contributed by atoms with E-state index in [1.807, 2.05) is 0 Å². The van der Waals surface area contributed by atoms with Crippen molar-refractivity contribution in [3.8, 4) is 0 Å². The van der Waals surface area contributed by atoms with E-state index >= 15 is 0 Å². The van der Waals surface area contributed by atoms with Crippen molar-refractivity contribution in [2.24, 2.45) is 5.92 Å². The predicted octanol–water partition coefficient (Wildman–Crippen LogP) is 2.42. The number of rotatable bonds is 3. The van der Waals surface area contributed by atoms with Crippen LogP contribution in [0.4, 0.5) is 0 Å². The third-order valence-corrected chi connectivity index (χ3v) is 4.36. The molecule has 0 bridgehead atoms. The number of hydrogen-bond acceptors (Lipinski definition) is 1. The van der Waals surface area contributed by atoms with E-state index < -0.39 is 7.60 Å². The molecular weight excluding hydrogens is 223 g/mol. The molecule has 4 heteroatoms. The van der Waals surface area contributed by atoms with Gasteiger partial charge in [-0.05, 0) is 29.0 Å². The quantitative estimate of drug-likeness (QED) is 0.800. The second kappa shape index (κ2) is 4.33. The zero-order valence-corrected chi connectivity index (χ0v) is 11.0. The van der Waals surface area contributed by atoms with Gasteiger partial charge in [0.2, 0.25) is 0 Å². The normalized spacial score (nSPS) is 13.2. The van der Waals surface area contributed by atoms with Crippen molar-refractivity contribution < 1.29 is 14.4 Å². The van der Waals surface area contributed by atoms with Gasteiger partial charge in [-0.2, -0.15) is 0 Å². The molecule has 1 rings (SSSR count). The second-order valence-corrected chi connectivity index (χ2v) is 6.57. The van der Waals surface area contributed by atoms with Crippen LogP contribution < -0.4 is 5.30 Å². The van der Waals surface area contributed by atoms with Crippen LogP contribution in [0.1, 0.15) is 33.3 Å². The fourth-order valence-electron chi connectivity index (χ4n) is 1.42. The van der Waals surface area contributed by atoms with E-state index in [2.05, 4.69) is 27.7 Å². The third-order valence-electron chi connectivity index (χ3n) is 3.39. The maximum absolute atomic E-state index is 11.0. The summed E-state index contributed by atoms with van der Waals surface area (Å²) in [6, 6.07) is 6.63. The lowest BCUT2D eigenvalue weighted by atomic mass is 9.75. The van der Waals surface area contributed by atoms with Gasteiger partial charge in [-0.3, -0.25) is 4.57 Å². The first kappa shape index (κ1) is 13.4. The van der Waals surface area contributed by atoms with E-state index in [4.69, 9.17) is 9.79 Å². The fraction of sp³-hybridized carbons (Fsp3) is 0.500. The average Bonchev–Trinajstić information content (AvgIpc) is 2.16. The van der Waals surface area contributed by atoms with Crippen molar-refractivity contribution in [1.82, 2.24) is 0 Å². The van der Waals surface area contributed by atoms with E-state index in [1.165, 1.54) is 12.1 Å². The lowest BCUT2D eigenvalue weighted by Crippen LogP contribution is -2.24. The minimum Gasteiger partial charge on any atom is -0.321 e. The van der Waals surface area contributed by atoms with Crippen LogP contribution in [-0.2, 0) is 9.98 Å². The summed E-state index contributed by atoms with van der Waals surface area (Å²) in [6.07, 6.45) is 0. The monoisotopic (exact) mass is 242 g/mol. The van der Waals surface area contributed by atoms with Crippen molar-refractivity contribution in [3.63, 3.8) is 0 Å². The molecule has 0 aromatic heterocycles. The average molecular weight is 242 g/mol. The van der Waals surface area contributed by atoms with Crippen LogP contribution in [0.25, 0.3) is 0 Å². The molecule has 16 heavy (non-hydrogen) atoms. The standard InChI is InChI=1S/C12H19O3P/c1-9(2)12(3,4)10-5-7-11(8-6-10)16(13,14)15/h5-9H,1-4H3,(H2,13,14,15). The van der Waals surface area contributed by atoms with Crippen LogP contribution in [-0.4, -0.2) is 9.79 Å². The molecule has 0 radical (unpaired) electrons. The summed E-state index contributed by atoms with van der Waals surface area (Å²) in [5.41, 5.74) is 1.10. The molecule has 0 spiro atoms. The Bertz CT molecular complexity index is 401. The molecule has 0 saturated carbocycles. The second-order valence-electron chi connectivity index (χ2n) is 4.97. The Balaban J connectivity index is 3.09. The Morgan fingerprint density at radius 2 is 1.56 bits per heavy atom. The zero-order chi connectivity index (χ0) is 12.6. The first-order valence-electron chi connectivity index (χ1n) is 5.32. The lowest BCUT2D eigenvalue weighted by molar-refractivity contribution is 0.372.